The van der Waals surface area contributed by atoms with Gasteiger partial charge in [0.1, 0.15) is 0 Å². The van der Waals surface area contributed by atoms with E-state index in [1.807, 2.05) is 0 Å². The normalized spacial score (nSPS) is 10.8. The van der Waals surface area contributed by atoms with Gasteiger partial charge in [0.05, 0.1) is 31.8 Å². The Hall–Kier alpha value is 0.840. The molecule has 4 N–H and O–H groups in total. The van der Waals surface area contributed by atoms with Gasteiger partial charge < -0.3 is 20.4 Å². The van der Waals surface area contributed by atoms with Crippen LogP contribution in [0, 0.1) is 5.41 Å². The van der Waals surface area contributed by atoms with Gasteiger partial charge in [0.2, 0.25) is 0 Å². The third-order valence-electron chi connectivity index (χ3n) is 1.34. The Balaban J connectivity index is 0. The van der Waals surface area contributed by atoms with Gasteiger partial charge in [0.25, 0.3) is 0 Å². The molecule has 0 aromatic rings. The molecule has 1 radical (unpaired) electrons. The molecular weight excluding hydrogens is 147 g/mol. The molecule has 0 aromatic heterocycles. The van der Waals surface area contributed by atoms with E-state index in [1.165, 1.54) is 0 Å². The second kappa shape index (κ2) is 6.54. The van der Waals surface area contributed by atoms with E-state index in [0.29, 0.717) is 0 Å². The van der Waals surface area contributed by atoms with E-state index in [4.69, 9.17) is 20.4 Å². The maximum atomic E-state index is 8.50. The summed E-state index contributed by atoms with van der Waals surface area (Å²) in [5.74, 6) is 0. The van der Waals surface area contributed by atoms with Crippen molar-refractivity contribution in [3.8, 4) is 0 Å². The van der Waals surface area contributed by atoms with E-state index >= 15 is 0 Å². The largest absolute Gasteiger partial charge is 0.396 e. The molecule has 0 aliphatic rings. The first-order valence-corrected chi connectivity index (χ1v) is 2.68. The molecule has 0 amide bonds. The average molecular weight is 159 g/mol. The Morgan fingerprint density at radius 1 is 0.700 bits per heavy atom. The quantitative estimate of drug-likeness (QED) is 0.344. The molecule has 0 saturated heterocycles. The third kappa shape index (κ3) is 3.30. The number of hydrogen-bond acceptors (Lipinski definition) is 4. The maximum absolute atomic E-state index is 8.50. The van der Waals surface area contributed by atoms with E-state index in [0.717, 1.165) is 0 Å². The summed E-state index contributed by atoms with van der Waals surface area (Å²) in [6, 6.07) is 0. The van der Waals surface area contributed by atoms with Gasteiger partial charge in [-0.2, -0.15) is 0 Å². The summed E-state index contributed by atoms with van der Waals surface area (Å²) in [4.78, 5) is 0. The third-order valence-corrected chi connectivity index (χ3v) is 1.34. The van der Waals surface area contributed by atoms with Crippen LogP contribution in [0.2, 0.25) is 0 Å². The first kappa shape index (κ1) is 13.4. The van der Waals surface area contributed by atoms with Crippen molar-refractivity contribution in [2.75, 3.05) is 26.4 Å². The summed E-state index contributed by atoms with van der Waals surface area (Å²) in [7, 11) is 0. The van der Waals surface area contributed by atoms with Gasteiger partial charge in [-0.05, 0) is 0 Å². The maximum Gasteiger partial charge on any atom is 0.0627 e. The fourth-order valence-corrected chi connectivity index (χ4v) is 0.300. The Kier molecular flexibility index (Phi) is 8.79. The first-order valence-electron chi connectivity index (χ1n) is 2.68. The molecule has 0 bridgehead atoms. The van der Waals surface area contributed by atoms with Gasteiger partial charge in [-0.3, -0.25) is 0 Å². The van der Waals surface area contributed by atoms with Crippen molar-refractivity contribution in [3.05, 3.63) is 0 Å². The van der Waals surface area contributed by atoms with Crippen LogP contribution >= 0.6 is 0 Å². The molecule has 57 valence electrons. The van der Waals surface area contributed by atoms with Crippen molar-refractivity contribution in [1.29, 1.82) is 0 Å². The topological polar surface area (TPSA) is 80.9 Å². The van der Waals surface area contributed by atoms with Crippen LogP contribution in [0.15, 0.2) is 0 Å². The second-order valence-electron chi connectivity index (χ2n) is 2.13. The minimum atomic E-state index is -1.11. The molecule has 4 nitrogen and oxygen atoms in total. The molecule has 0 rings (SSSR count). The fraction of sp³-hybridized carbons (Fsp3) is 1.00. The van der Waals surface area contributed by atoms with Gasteiger partial charge in [-0.15, -0.1) is 0 Å². The summed E-state index contributed by atoms with van der Waals surface area (Å²) in [6.07, 6.45) is 0. The van der Waals surface area contributed by atoms with Gasteiger partial charge in [-0.25, -0.2) is 0 Å². The Morgan fingerprint density at radius 2 is 0.900 bits per heavy atom. The number of hydrogen-bond donors (Lipinski definition) is 4. The van der Waals surface area contributed by atoms with Crippen molar-refractivity contribution in [2.24, 2.45) is 5.41 Å². The summed E-state index contributed by atoms with van der Waals surface area (Å²) < 4.78 is 0. The van der Waals surface area contributed by atoms with E-state index in [9.17, 15) is 0 Å². The summed E-state index contributed by atoms with van der Waals surface area (Å²) in [5.41, 5.74) is -1.11. The first-order chi connectivity index (χ1) is 4.24. The van der Waals surface area contributed by atoms with Gasteiger partial charge >= 0.3 is 0 Å². The molecule has 0 atom stereocenters. The van der Waals surface area contributed by atoms with Crippen molar-refractivity contribution < 1.29 is 20.4 Å². The minimum absolute atomic E-state index is 0. The predicted molar refractivity (Wildman–Crippen MR) is 36.5 cm³/mol. The van der Waals surface area contributed by atoms with Crippen molar-refractivity contribution in [2.45, 2.75) is 0 Å². The van der Waals surface area contributed by atoms with Crippen LogP contribution in [-0.2, 0) is 0 Å². The monoisotopic (exact) mass is 159 g/mol. The molecule has 0 spiro atoms. The zero-order valence-electron chi connectivity index (χ0n) is 6.12. The zero-order chi connectivity index (χ0) is 7.33. The van der Waals surface area contributed by atoms with Crippen LogP contribution in [0.5, 0.6) is 0 Å². The van der Waals surface area contributed by atoms with Crippen molar-refractivity contribution in [1.82, 2.24) is 0 Å². The van der Waals surface area contributed by atoms with Crippen molar-refractivity contribution >= 4 is 29.6 Å². The molecule has 0 unspecified atom stereocenters. The van der Waals surface area contributed by atoms with E-state index < -0.39 is 31.8 Å². The molecule has 5 heteroatoms. The standard InChI is InChI=1S/C5H12O4.Na/c6-1-5(2-7,3-8)4-9;/h6-9H,1-4H2;. The van der Waals surface area contributed by atoms with E-state index in [2.05, 4.69) is 0 Å². The molecule has 10 heavy (non-hydrogen) atoms. The zero-order valence-corrected chi connectivity index (χ0v) is 8.12. The molecule has 0 aliphatic carbocycles. The van der Waals surface area contributed by atoms with Gasteiger partial charge in [0, 0.05) is 29.6 Å². The summed E-state index contributed by atoms with van der Waals surface area (Å²) in [5, 5.41) is 34.0. The number of aliphatic hydroxyl groups excluding tert-OH is 4. The summed E-state index contributed by atoms with van der Waals surface area (Å²) in [6.45, 7) is -1.62. The van der Waals surface area contributed by atoms with Crippen LogP contribution in [-0.4, -0.2) is 76.4 Å². The molecule has 0 aliphatic heterocycles. The Labute approximate surface area is 81.8 Å². The van der Waals surface area contributed by atoms with Gasteiger partial charge in [0.15, 0.2) is 0 Å². The van der Waals surface area contributed by atoms with Gasteiger partial charge in [-0.1, -0.05) is 0 Å². The molecule has 0 heterocycles. The van der Waals surface area contributed by atoms with Crippen molar-refractivity contribution in [3.63, 3.8) is 0 Å². The summed E-state index contributed by atoms with van der Waals surface area (Å²) >= 11 is 0. The number of aliphatic hydroxyl groups is 4. The van der Waals surface area contributed by atoms with Crippen LogP contribution in [0.3, 0.4) is 0 Å². The molecule has 0 aromatic carbocycles. The minimum Gasteiger partial charge on any atom is -0.396 e. The van der Waals surface area contributed by atoms with Crippen LogP contribution < -0.4 is 0 Å². The van der Waals surface area contributed by atoms with Crippen LogP contribution in [0.1, 0.15) is 0 Å². The average Bonchev–Trinajstić information content (AvgIpc) is 1.95. The van der Waals surface area contributed by atoms with E-state index in [-0.39, 0.29) is 29.6 Å². The smallest absolute Gasteiger partial charge is 0.0627 e. The second-order valence-corrected chi connectivity index (χ2v) is 2.13. The van der Waals surface area contributed by atoms with E-state index in [1.54, 1.807) is 0 Å². The predicted octanol–water partition coefficient (Wildman–Crippen LogP) is -2.44. The SMILES string of the molecule is OCC(CO)(CO)CO.[Na]. The van der Waals surface area contributed by atoms with Crippen LogP contribution in [0.25, 0.3) is 0 Å². The Morgan fingerprint density at radius 3 is 0.900 bits per heavy atom. The molecular formula is C5H12NaO4. The van der Waals surface area contributed by atoms with Crippen LogP contribution in [0.4, 0.5) is 0 Å². The fourth-order valence-electron chi connectivity index (χ4n) is 0.300. The molecule has 0 saturated carbocycles. The number of rotatable bonds is 4. The molecule has 0 fully saturated rings. The Bertz CT molecular complexity index is 56.5.